The molecule has 0 atom stereocenters. The number of nitrogens with zero attached hydrogens (tertiary/aromatic N) is 1. The van der Waals surface area contributed by atoms with Gasteiger partial charge in [-0.05, 0) is 36.8 Å². The van der Waals surface area contributed by atoms with Crippen molar-refractivity contribution in [3.63, 3.8) is 0 Å². The maximum atomic E-state index is 6.09. The van der Waals surface area contributed by atoms with Gasteiger partial charge in [-0.3, -0.25) is 4.99 Å². The SMILES string of the molecule is CC(C)CCNC(N)=NCCCc1ccccc1Cl. The van der Waals surface area contributed by atoms with Crippen LogP contribution < -0.4 is 11.1 Å². The Morgan fingerprint density at radius 2 is 2.11 bits per heavy atom. The molecule has 0 bridgehead atoms. The number of hydrogen-bond acceptors (Lipinski definition) is 1. The Balaban J connectivity index is 2.20. The molecule has 3 N–H and O–H groups in total. The van der Waals surface area contributed by atoms with Gasteiger partial charge in [0.2, 0.25) is 0 Å². The quantitative estimate of drug-likeness (QED) is 0.458. The van der Waals surface area contributed by atoms with E-state index in [0.29, 0.717) is 11.9 Å². The molecule has 106 valence electrons. The molecule has 4 heteroatoms. The lowest BCUT2D eigenvalue weighted by Crippen LogP contribution is -2.33. The van der Waals surface area contributed by atoms with Gasteiger partial charge in [0.25, 0.3) is 0 Å². The Morgan fingerprint density at radius 3 is 2.79 bits per heavy atom. The standard InChI is InChI=1S/C15H24ClN3/c1-12(2)9-11-19-15(17)18-10-5-7-13-6-3-4-8-14(13)16/h3-4,6,8,12H,5,7,9-11H2,1-2H3,(H3,17,18,19). The summed E-state index contributed by atoms with van der Waals surface area (Å²) in [4.78, 5) is 4.31. The molecule has 1 aromatic carbocycles. The van der Waals surface area contributed by atoms with Crippen molar-refractivity contribution in [3.05, 3.63) is 34.9 Å². The Bertz CT molecular complexity index is 402. The van der Waals surface area contributed by atoms with Gasteiger partial charge in [0, 0.05) is 18.1 Å². The second kappa shape index (κ2) is 8.81. The number of aryl methyl sites for hydroxylation is 1. The van der Waals surface area contributed by atoms with Gasteiger partial charge in [-0.2, -0.15) is 0 Å². The van der Waals surface area contributed by atoms with E-state index in [1.54, 1.807) is 0 Å². The molecular formula is C15H24ClN3. The number of halogens is 1. The summed E-state index contributed by atoms with van der Waals surface area (Å²) in [5.41, 5.74) is 6.95. The van der Waals surface area contributed by atoms with Gasteiger partial charge < -0.3 is 11.1 Å². The highest BCUT2D eigenvalue weighted by Crippen LogP contribution is 2.16. The number of nitrogens with one attached hydrogen (secondary N) is 1. The van der Waals surface area contributed by atoms with E-state index in [4.69, 9.17) is 17.3 Å². The van der Waals surface area contributed by atoms with Crippen LogP contribution in [0.25, 0.3) is 0 Å². The minimum atomic E-state index is 0.541. The third kappa shape index (κ3) is 7.06. The maximum Gasteiger partial charge on any atom is 0.188 e. The first kappa shape index (κ1) is 15.8. The van der Waals surface area contributed by atoms with Crippen LogP contribution in [-0.2, 0) is 6.42 Å². The molecule has 0 heterocycles. The van der Waals surface area contributed by atoms with Crippen LogP contribution >= 0.6 is 11.6 Å². The molecule has 3 nitrogen and oxygen atoms in total. The van der Waals surface area contributed by atoms with E-state index in [-0.39, 0.29) is 0 Å². The summed E-state index contributed by atoms with van der Waals surface area (Å²) in [5, 5.41) is 3.95. The van der Waals surface area contributed by atoms with Crippen LogP contribution in [0.1, 0.15) is 32.3 Å². The van der Waals surface area contributed by atoms with E-state index >= 15 is 0 Å². The highest BCUT2D eigenvalue weighted by atomic mass is 35.5. The second-order valence-corrected chi connectivity index (χ2v) is 5.48. The Labute approximate surface area is 121 Å². The molecule has 0 fully saturated rings. The van der Waals surface area contributed by atoms with E-state index in [0.717, 1.165) is 37.4 Å². The summed E-state index contributed by atoms with van der Waals surface area (Å²) in [5.74, 6) is 1.22. The van der Waals surface area contributed by atoms with Crippen LogP contribution in [0.3, 0.4) is 0 Å². The van der Waals surface area contributed by atoms with E-state index in [2.05, 4.69) is 30.2 Å². The summed E-state index contributed by atoms with van der Waals surface area (Å²) < 4.78 is 0. The molecule has 0 aliphatic rings. The average Bonchev–Trinajstić information content (AvgIpc) is 2.36. The number of rotatable bonds is 7. The molecule has 0 saturated carbocycles. The van der Waals surface area contributed by atoms with Crippen LogP contribution in [-0.4, -0.2) is 19.0 Å². The van der Waals surface area contributed by atoms with Crippen LogP contribution in [0, 0.1) is 5.92 Å². The smallest absolute Gasteiger partial charge is 0.188 e. The molecule has 1 aromatic rings. The number of benzene rings is 1. The number of aliphatic imine (C=N–C) groups is 1. The van der Waals surface area contributed by atoms with Crippen molar-refractivity contribution in [1.29, 1.82) is 0 Å². The number of nitrogens with two attached hydrogens (primary N) is 1. The molecule has 1 rings (SSSR count). The molecule has 0 saturated heterocycles. The minimum absolute atomic E-state index is 0.541. The predicted octanol–water partition coefficient (Wildman–Crippen LogP) is 3.22. The van der Waals surface area contributed by atoms with Crippen LogP contribution in [0.15, 0.2) is 29.3 Å². The predicted molar refractivity (Wildman–Crippen MR) is 83.7 cm³/mol. The normalized spacial score (nSPS) is 11.9. The second-order valence-electron chi connectivity index (χ2n) is 5.07. The lowest BCUT2D eigenvalue weighted by molar-refractivity contribution is 0.576. The van der Waals surface area contributed by atoms with Gasteiger partial charge in [0.1, 0.15) is 0 Å². The molecule has 0 aliphatic heterocycles. The highest BCUT2D eigenvalue weighted by molar-refractivity contribution is 6.31. The number of guanidine groups is 1. The first-order valence-electron chi connectivity index (χ1n) is 6.86. The summed E-state index contributed by atoms with van der Waals surface area (Å²) in [6, 6.07) is 7.92. The Hall–Kier alpha value is -1.22. The summed E-state index contributed by atoms with van der Waals surface area (Å²) in [6.07, 6.45) is 2.99. The van der Waals surface area contributed by atoms with Gasteiger partial charge in [0.05, 0.1) is 0 Å². The largest absolute Gasteiger partial charge is 0.370 e. The number of hydrogen-bond donors (Lipinski definition) is 2. The van der Waals surface area contributed by atoms with E-state index in [1.165, 1.54) is 5.56 Å². The van der Waals surface area contributed by atoms with Crippen molar-refractivity contribution in [2.75, 3.05) is 13.1 Å². The van der Waals surface area contributed by atoms with Gasteiger partial charge in [-0.1, -0.05) is 43.6 Å². The van der Waals surface area contributed by atoms with Crippen LogP contribution in [0.5, 0.6) is 0 Å². The van der Waals surface area contributed by atoms with E-state index in [1.807, 2.05) is 18.2 Å². The van der Waals surface area contributed by atoms with Crippen LogP contribution in [0.4, 0.5) is 0 Å². The molecule has 19 heavy (non-hydrogen) atoms. The van der Waals surface area contributed by atoms with Crippen molar-refractivity contribution < 1.29 is 0 Å². The van der Waals surface area contributed by atoms with Crippen molar-refractivity contribution in [1.82, 2.24) is 5.32 Å². The fraction of sp³-hybridized carbons (Fsp3) is 0.533. The maximum absolute atomic E-state index is 6.09. The Morgan fingerprint density at radius 1 is 1.37 bits per heavy atom. The third-order valence-electron chi connectivity index (χ3n) is 2.87. The van der Waals surface area contributed by atoms with Gasteiger partial charge in [-0.25, -0.2) is 0 Å². The molecule has 0 aliphatic carbocycles. The van der Waals surface area contributed by atoms with E-state index < -0.39 is 0 Å². The average molecular weight is 282 g/mol. The fourth-order valence-corrected chi connectivity index (χ4v) is 1.95. The highest BCUT2D eigenvalue weighted by Gasteiger charge is 1.98. The zero-order valence-electron chi connectivity index (χ0n) is 11.8. The summed E-state index contributed by atoms with van der Waals surface area (Å²) in [6.45, 7) is 6.00. The molecule has 0 spiro atoms. The molecule has 0 aromatic heterocycles. The monoisotopic (exact) mass is 281 g/mol. The lowest BCUT2D eigenvalue weighted by Gasteiger charge is -2.07. The topological polar surface area (TPSA) is 50.4 Å². The van der Waals surface area contributed by atoms with Crippen molar-refractivity contribution in [2.24, 2.45) is 16.6 Å². The molecule has 0 unspecified atom stereocenters. The molecule has 0 radical (unpaired) electrons. The minimum Gasteiger partial charge on any atom is -0.370 e. The zero-order chi connectivity index (χ0) is 14.1. The summed E-state index contributed by atoms with van der Waals surface area (Å²) in [7, 11) is 0. The van der Waals surface area contributed by atoms with E-state index in [9.17, 15) is 0 Å². The van der Waals surface area contributed by atoms with Crippen LogP contribution in [0.2, 0.25) is 5.02 Å². The van der Waals surface area contributed by atoms with Gasteiger partial charge in [0.15, 0.2) is 5.96 Å². The van der Waals surface area contributed by atoms with Gasteiger partial charge in [-0.15, -0.1) is 0 Å². The van der Waals surface area contributed by atoms with Gasteiger partial charge >= 0.3 is 0 Å². The van der Waals surface area contributed by atoms with Crippen molar-refractivity contribution >= 4 is 17.6 Å². The van der Waals surface area contributed by atoms with Crippen molar-refractivity contribution in [3.8, 4) is 0 Å². The third-order valence-corrected chi connectivity index (χ3v) is 3.24. The summed E-state index contributed by atoms with van der Waals surface area (Å²) >= 11 is 6.09. The Kier molecular flexibility index (Phi) is 7.34. The lowest BCUT2D eigenvalue weighted by atomic mass is 10.1. The molecule has 0 amide bonds. The first-order valence-corrected chi connectivity index (χ1v) is 7.24. The molecular weight excluding hydrogens is 258 g/mol. The van der Waals surface area contributed by atoms with Crippen molar-refractivity contribution in [2.45, 2.75) is 33.1 Å². The fourth-order valence-electron chi connectivity index (χ4n) is 1.71. The zero-order valence-corrected chi connectivity index (χ0v) is 12.6. The first-order chi connectivity index (χ1) is 9.09.